The van der Waals surface area contributed by atoms with Crippen molar-refractivity contribution in [1.82, 2.24) is 5.32 Å². The van der Waals surface area contributed by atoms with Crippen LogP contribution in [0.25, 0.3) is 0 Å². The highest BCUT2D eigenvalue weighted by atomic mass is 16.5. The van der Waals surface area contributed by atoms with Crippen molar-refractivity contribution in [3.8, 4) is 12.3 Å². The lowest BCUT2D eigenvalue weighted by molar-refractivity contribution is 0.0837. The molecule has 1 aliphatic rings. The number of hydrogen-bond donors (Lipinski definition) is 1. The Balaban J connectivity index is 2.03. The molecule has 0 aromatic rings. The molecule has 0 saturated carbocycles. The maximum absolute atomic E-state index is 5.57. The molecule has 2 unspecified atom stereocenters. The van der Waals surface area contributed by atoms with Gasteiger partial charge in [0, 0.05) is 19.1 Å². The molecular formula is C11H19NO. The van der Waals surface area contributed by atoms with Crippen molar-refractivity contribution in [3.63, 3.8) is 0 Å². The number of rotatable bonds is 5. The van der Waals surface area contributed by atoms with E-state index in [0.29, 0.717) is 12.1 Å². The van der Waals surface area contributed by atoms with Crippen molar-refractivity contribution in [3.05, 3.63) is 0 Å². The topological polar surface area (TPSA) is 21.3 Å². The highest BCUT2D eigenvalue weighted by molar-refractivity contribution is 4.84. The minimum Gasteiger partial charge on any atom is -0.377 e. The molecule has 0 aliphatic carbocycles. The fourth-order valence-electron chi connectivity index (χ4n) is 1.65. The molecule has 0 amide bonds. The van der Waals surface area contributed by atoms with Crippen molar-refractivity contribution >= 4 is 0 Å². The predicted octanol–water partition coefficient (Wildman–Crippen LogP) is 1.56. The highest BCUT2D eigenvalue weighted by Gasteiger charge is 2.21. The van der Waals surface area contributed by atoms with Crippen molar-refractivity contribution in [2.45, 2.75) is 44.8 Å². The van der Waals surface area contributed by atoms with Gasteiger partial charge >= 0.3 is 0 Å². The Morgan fingerprint density at radius 1 is 1.69 bits per heavy atom. The van der Waals surface area contributed by atoms with Gasteiger partial charge in [0.15, 0.2) is 0 Å². The molecule has 0 aromatic heterocycles. The Labute approximate surface area is 81.0 Å². The third kappa shape index (κ3) is 3.80. The summed E-state index contributed by atoms with van der Waals surface area (Å²) in [6.07, 6.45) is 9.92. The number of hydrogen-bond acceptors (Lipinski definition) is 2. The number of unbranched alkanes of at least 4 members (excludes halogenated alkanes) is 1. The van der Waals surface area contributed by atoms with Crippen LogP contribution in [0.3, 0.4) is 0 Å². The molecule has 74 valence electrons. The SMILES string of the molecule is C#CCCCNC(C)C1CCCO1. The molecule has 0 bridgehead atoms. The van der Waals surface area contributed by atoms with E-state index in [4.69, 9.17) is 11.2 Å². The molecule has 0 spiro atoms. The first-order valence-corrected chi connectivity index (χ1v) is 5.13. The first-order valence-electron chi connectivity index (χ1n) is 5.13. The van der Waals surface area contributed by atoms with E-state index in [9.17, 15) is 0 Å². The van der Waals surface area contributed by atoms with Gasteiger partial charge < -0.3 is 10.1 Å². The van der Waals surface area contributed by atoms with Gasteiger partial charge in [-0.1, -0.05) is 0 Å². The molecule has 1 saturated heterocycles. The van der Waals surface area contributed by atoms with Crippen molar-refractivity contribution in [2.75, 3.05) is 13.2 Å². The van der Waals surface area contributed by atoms with Crippen LogP contribution in [-0.4, -0.2) is 25.3 Å². The van der Waals surface area contributed by atoms with Crippen LogP contribution in [0.5, 0.6) is 0 Å². The Kier molecular flexibility index (Phi) is 4.88. The monoisotopic (exact) mass is 181 g/mol. The van der Waals surface area contributed by atoms with Crippen LogP contribution in [0.15, 0.2) is 0 Å². The Morgan fingerprint density at radius 2 is 2.54 bits per heavy atom. The second kappa shape index (κ2) is 6.01. The first kappa shape index (κ1) is 10.6. The fourth-order valence-corrected chi connectivity index (χ4v) is 1.65. The lowest BCUT2D eigenvalue weighted by Crippen LogP contribution is -2.37. The smallest absolute Gasteiger partial charge is 0.0726 e. The molecule has 1 N–H and O–H groups in total. The molecule has 2 atom stereocenters. The van der Waals surface area contributed by atoms with Gasteiger partial charge in [0.1, 0.15) is 0 Å². The van der Waals surface area contributed by atoms with Crippen LogP contribution < -0.4 is 5.32 Å². The van der Waals surface area contributed by atoms with Crippen molar-refractivity contribution in [1.29, 1.82) is 0 Å². The van der Waals surface area contributed by atoms with Gasteiger partial charge in [-0.3, -0.25) is 0 Å². The summed E-state index contributed by atoms with van der Waals surface area (Å²) < 4.78 is 5.57. The zero-order valence-corrected chi connectivity index (χ0v) is 8.38. The van der Waals surface area contributed by atoms with E-state index in [0.717, 1.165) is 26.0 Å². The highest BCUT2D eigenvalue weighted by Crippen LogP contribution is 2.15. The molecular weight excluding hydrogens is 162 g/mol. The Morgan fingerprint density at radius 3 is 3.15 bits per heavy atom. The van der Waals surface area contributed by atoms with Gasteiger partial charge in [0.2, 0.25) is 0 Å². The number of terminal acetylenes is 1. The van der Waals surface area contributed by atoms with Crippen LogP contribution in [0.2, 0.25) is 0 Å². The van der Waals surface area contributed by atoms with Gasteiger partial charge in [-0.05, 0) is 32.7 Å². The maximum atomic E-state index is 5.57. The average Bonchev–Trinajstić information content (AvgIpc) is 2.65. The van der Waals surface area contributed by atoms with E-state index in [1.165, 1.54) is 12.8 Å². The lowest BCUT2D eigenvalue weighted by Gasteiger charge is -2.19. The van der Waals surface area contributed by atoms with Gasteiger partial charge in [0.05, 0.1) is 6.10 Å². The van der Waals surface area contributed by atoms with Gasteiger partial charge in [-0.15, -0.1) is 12.3 Å². The van der Waals surface area contributed by atoms with E-state index in [-0.39, 0.29) is 0 Å². The molecule has 2 nitrogen and oxygen atoms in total. The van der Waals surface area contributed by atoms with E-state index >= 15 is 0 Å². The quantitative estimate of drug-likeness (QED) is 0.513. The summed E-state index contributed by atoms with van der Waals surface area (Å²) in [5, 5.41) is 3.44. The predicted molar refractivity (Wildman–Crippen MR) is 54.5 cm³/mol. The van der Waals surface area contributed by atoms with Gasteiger partial charge in [-0.2, -0.15) is 0 Å². The largest absolute Gasteiger partial charge is 0.377 e. The summed E-state index contributed by atoms with van der Waals surface area (Å²) in [4.78, 5) is 0. The first-order chi connectivity index (χ1) is 6.34. The van der Waals surface area contributed by atoms with Crippen LogP contribution in [0, 0.1) is 12.3 Å². The third-order valence-corrected chi connectivity index (χ3v) is 2.49. The summed E-state index contributed by atoms with van der Waals surface area (Å²) >= 11 is 0. The summed E-state index contributed by atoms with van der Waals surface area (Å²) in [5.41, 5.74) is 0. The maximum Gasteiger partial charge on any atom is 0.0726 e. The number of nitrogens with one attached hydrogen (secondary N) is 1. The standard InChI is InChI=1S/C11H19NO/c1-3-4-5-8-12-10(2)11-7-6-9-13-11/h1,10-12H,4-9H2,2H3. The molecule has 0 aromatic carbocycles. The minimum absolute atomic E-state index is 0.422. The second-order valence-corrected chi connectivity index (χ2v) is 3.60. The normalized spacial score (nSPS) is 24.2. The lowest BCUT2D eigenvalue weighted by atomic mass is 10.1. The Bertz CT molecular complexity index is 167. The van der Waals surface area contributed by atoms with E-state index in [1.54, 1.807) is 0 Å². The number of ether oxygens (including phenoxy) is 1. The zero-order valence-electron chi connectivity index (χ0n) is 8.38. The van der Waals surface area contributed by atoms with Crippen LogP contribution in [0.1, 0.15) is 32.6 Å². The fraction of sp³-hybridized carbons (Fsp3) is 0.818. The van der Waals surface area contributed by atoms with Gasteiger partial charge in [0.25, 0.3) is 0 Å². The van der Waals surface area contributed by atoms with Crippen LogP contribution in [-0.2, 0) is 4.74 Å². The zero-order chi connectivity index (χ0) is 9.52. The molecule has 2 heteroatoms. The van der Waals surface area contributed by atoms with E-state index in [2.05, 4.69) is 18.2 Å². The molecule has 1 heterocycles. The van der Waals surface area contributed by atoms with E-state index in [1.807, 2.05) is 0 Å². The molecule has 1 rings (SSSR count). The average molecular weight is 181 g/mol. The molecule has 1 fully saturated rings. The summed E-state index contributed by atoms with van der Waals surface area (Å²) in [7, 11) is 0. The van der Waals surface area contributed by atoms with Gasteiger partial charge in [-0.25, -0.2) is 0 Å². The van der Waals surface area contributed by atoms with Crippen molar-refractivity contribution < 1.29 is 4.74 Å². The summed E-state index contributed by atoms with van der Waals surface area (Å²) in [6, 6.07) is 0.472. The molecule has 1 aliphatic heterocycles. The second-order valence-electron chi connectivity index (χ2n) is 3.60. The third-order valence-electron chi connectivity index (χ3n) is 2.49. The van der Waals surface area contributed by atoms with Crippen LogP contribution >= 0.6 is 0 Å². The van der Waals surface area contributed by atoms with E-state index < -0.39 is 0 Å². The summed E-state index contributed by atoms with van der Waals surface area (Å²) in [6.45, 7) is 4.12. The van der Waals surface area contributed by atoms with Crippen molar-refractivity contribution in [2.24, 2.45) is 0 Å². The Hall–Kier alpha value is -0.520. The molecule has 0 radical (unpaired) electrons. The minimum atomic E-state index is 0.422. The molecule has 13 heavy (non-hydrogen) atoms. The summed E-state index contributed by atoms with van der Waals surface area (Å²) in [5.74, 6) is 2.64. The van der Waals surface area contributed by atoms with Crippen LogP contribution in [0.4, 0.5) is 0 Å².